The van der Waals surface area contributed by atoms with Gasteiger partial charge in [0.05, 0.1) is 5.38 Å². The van der Waals surface area contributed by atoms with Gasteiger partial charge in [0.2, 0.25) is 0 Å². The van der Waals surface area contributed by atoms with Crippen molar-refractivity contribution in [3.05, 3.63) is 57.8 Å². The summed E-state index contributed by atoms with van der Waals surface area (Å²) in [7, 11) is 0. The van der Waals surface area contributed by atoms with Gasteiger partial charge in [-0.25, -0.2) is 0 Å². The Kier molecular flexibility index (Phi) is 4.25. The zero-order valence-electron chi connectivity index (χ0n) is 10.2. The smallest absolute Gasteiger partial charge is 0.0927 e. The summed E-state index contributed by atoms with van der Waals surface area (Å²) < 4.78 is 0. The van der Waals surface area contributed by atoms with E-state index in [0.717, 1.165) is 6.42 Å². The Bertz CT molecular complexity index is 442. The van der Waals surface area contributed by atoms with E-state index in [2.05, 4.69) is 49.6 Å². The fourth-order valence-electron chi connectivity index (χ4n) is 1.89. The van der Waals surface area contributed by atoms with Gasteiger partial charge in [-0.3, -0.25) is 0 Å². The number of benzene rings is 1. The number of halogens is 1. The van der Waals surface area contributed by atoms with E-state index in [0.29, 0.717) is 5.92 Å². The summed E-state index contributed by atoms with van der Waals surface area (Å²) in [5.41, 5.74) is 2.57. The summed E-state index contributed by atoms with van der Waals surface area (Å²) in [6.45, 7) is 4.48. The molecule has 2 heteroatoms. The van der Waals surface area contributed by atoms with Crippen LogP contribution < -0.4 is 0 Å². The summed E-state index contributed by atoms with van der Waals surface area (Å²) in [6.07, 6.45) is 1.13. The molecule has 1 unspecified atom stereocenters. The Morgan fingerprint density at radius 1 is 1.12 bits per heavy atom. The summed E-state index contributed by atoms with van der Waals surface area (Å²) in [4.78, 5) is 1.21. The second-order valence-corrected chi connectivity index (χ2v) is 6.13. The number of thiophene rings is 1. The van der Waals surface area contributed by atoms with Crippen LogP contribution in [-0.2, 0) is 6.42 Å². The quantitative estimate of drug-likeness (QED) is 0.660. The average molecular weight is 265 g/mol. The molecular formula is C15H17ClS. The largest absolute Gasteiger partial charge is 0.147 e. The van der Waals surface area contributed by atoms with Crippen LogP contribution in [0.15, 0.2) is 41.8 Å². The monoisotopic (exact) mass is 264 g/mol. The number of rotatable bonds is 4. The molecule has 0 aliphatic rings. The normalized spacial score (nSPS) is 12.9. The minimum atomic E-state index is -0.0110. The molecule has 1 atom stereocenters. The minimum absolute atomic E-state index is 0.0110. The van der Waals surface area contributed by atoms with Gasteiger partial charge < -0.3 is 0 Å². The first kappa shape index (κ1) is 12.7. The molecule has 2 aromatic rings. The third kappa shape index (κ3) is 3.34. The van der Waals surface area contributed by atoms with Crippen LogP contribution in [0.25, 0.3) is 0 Å². The molecule has 0 spiro atoms. The molecular weight excluding hydrogens is 248 g/mol. The van der Waals surface area contributed by atoms with E-state index in [1.165, 1.54) is 16.0 Å². The highest BCUT2D eigenvalue weighted by atomic mass is 35.5. The predicted molar refractivity (Wildman–Crippen MR) is 77.0 cm³/mol. The lowest BCUT2D eigenvalue weighted by atomic mass is 10.0. The highest BCUT2D eigenvalue weighted by Crippen LogP contribution is 2.31. The predicted octanol–water partition coefficient (Wildman–Crippen LogP) is 5.27. The van der Waals surface area contributed by atoms with Crippen LogP contribution in [-0.4, -0.2) is 0 Å². The number of alkyl halides is 1. The van der Waals surface area contributed by atoms with Crippen molar-refractivity contribution in [3.63, 3.8) is 0 Å². The highest BCUT2D eigenvalue weighted by Gasteiger charge is 2.11. The van der Waals surface area contributed by atoms with E-state index in [-0.39, 0.29) is 5.38 Å². The Balaban J connectivity index is 2.12. The summed E-state index contributed by atoms with van der Waals surface area (Å²) in [6, 6.07) is 12.8. The molecule has 0 amide bonds. The average Bonchev–Trinajstić information content (AvgIpc) is 2.82. The molecule has 0 aliphatic heterocycles. The van der Waals surface area contributed by atoms with Crippen LogP contribution in [0.5, 0.6) is 0 Å². The van der Waals surface area contributed by atoms with E-state index >= 15 is 0 Å². The van der Waals surface area contributed by atoms with Crippen molar-refractivity contribution in [1.82, 2.24) is 0 Å². The maximum atomic E-state index is 6.44. The zero-order chi connectivity index (χ0) is 12.3. The van der Waals surface area contributed by atoms with Crippen molar-refractivity contribution >= 4 is 22.9 Å². The lowest BCUT2D eigenvalue weighted by Crippen LogP contribution is -1.95. The van der Waals surface area contributed by atoms with Gasteiger partial charge in [-0.15, -0.1) is 22.9 Å². The molecule has 0 aliphatic carbocycles. The minimum Gasteiger partial charge on any atom is -0.147 e. The molecule has 0 saturated carbocycles. The summed E-state index contributed by atoms with van der Waals surface area (Å²) >= 11 is 8.15. The molecule has 1 aromatic carbocycles. The van der Waals surface area contributed by atoms with Crippen LogP contribution in [0.4, 0.5) is 0 Å². The molecule has 1 heterocycles. The molecule has 2 rings (SSSR count). The maximum Gasteiger partial charge on any atom is 0.0927 e. The Morgan fingerprint density at radius 2 is 1.82 bits per heavy atom. The molecule has 0 saturated heterocycles. The fraction of sp³-hybridized carbons (Fsp3) is 0.333. The second kappa shape index (κ2) is 5.70. The number of hydrogen-bond acceptors (Lipinski definition) is 1. The Morgan fingerprint density at radius 3 is 2.35 bits per heavy atom. The van der Waals surface area contributed by atoms with E-state index in [9.17, 15) is 0 Å². The lowest BCUT2D eigenvalue weighted by Gasteiger charge is -2.10. The van der Waals surface area contributed by atoms with E-state index in [1.54, 1.807) is 11.3 Å². The van der Waals surface area contributed by atoms with E-state index in [1.807, 2.05) is 6.07 Å². The lowest BCUT2D eigenvalue weighted by molar-refractivity contribution is 0.647. The van der Waals surface area contributed by atoms with Crippen molar-refractivity contribution < 1.29 is 0 Å². The molecule has 90 valence electrons. The van der Waals surface area contributed by atoms with Gasteiger partial charge in [-0.2, -0.15) is 0 Å². The first-order chi connectivity index (χ1) is 8.16. The van der Waals surface area contributed by atoms with E-state index < -0.39 is 0 Å². The highest BCUT2D eigenvalue weighted by molar-refractivity contribution is 7.10. The fourth-order valence-corrected chi connectivity index (χ4v) is 2.99. The van der Waals surface area contributed by atoms with E-state index in [4.69, 9.17) is 11.6 Å². The molecule has 0 N–H and O–H groups in total. The summed E-state index contributed by atoms with van der Waals surface area (Å²) in [5.74, 6) is 0.699. The van der Waals surface area contributed by atoms with Gasteiger partial charge in [0.25, 0.3) is 0 Å². The first-order valence-electron chi connectivity index (χ1n) is 5.93. The molecule has 0 nitrogen and oxygen atoms in total. The third-order valence-corrected chi connectivity index (χ3v) is 4.26. The summed E-state index contributed by atoms with van der Waals surface area (Å²) in [5, 5.41) is 2.06. The van der Waals surface area contributed by atoms with Gasteiger partial charge in [-0.1, -0.05) is 44.2 Å². The molecule has 1 aromatic heterocycles. The molecule has 0 bridgehead atoms. The maximum absolute atomic E-state index is 6.44. The first-order valence-corrected chi connectivity index (χ1v) is 7.24. The second-order valence-electron chi connectivity index (χ2n) is 4.72. The van der Waals surface area contributed by atoms with Gasteiger partial charge in [0, 0.05) is 4.88 Å². The van der Waals surface area contributed by atoms with Gasteiger partial charge in [0.15, 0.2) is 0 Å². The molecule has 0 radical (unpaired) electrons. The van der Waals surface area contributed by atoms with Gasteiger partial charge >= 0.3 is 0 Å². The van der Waals surface area contributed by atoms with Crippen LogP contribution in [0.2, 0.25) is 0 Å². The Hall–Kier alpha value is -0.790. The third-order valence-electron chi connectivity index (χ3n) is 2.71. The van der Waals surface area contributed by atoms with Crippen molar-refractivity contribution in [3.8, 4) is 0 Å². The van der Waals surface area contributed by atoms with Crippen molar-refractivity contribution in [1.29, 1.82) is 0 Å². The standard InChI is InChI=1S/C15H17ClS/c1-11(2)10-12-5-7-13(8-6-12)15(16)14-4-3-9-17-14/h3-9,11,15H,10H2,1-2H3. The zero-order valence-corrected chi connectivity index (χ0v) is 11.8. The van der Waals surface area contributed by atoms with Crippen molar-refractivity contribution in [2.24, 2.45) is 5.92 Å². The number of hydrogen-bond donors (Lipinski definition) is 0. The SMILES string of the molecule is CC(C)Cc1ccc(C(Cl)c2cccs2)cc1. The van der Waals surface area contributed by atoms with Crippen molar-refractivity contribution in [2.75, 3.05) is 0 Å². The van der Waals surface area contributed by atoms with Crippen LogP contribution >= 0.6 is 22.9 Å². The molecule has 17 heavy (non-hydrogen) atoms. The van der Waals surface area contributed by atoms with Gasteiger partial charge in [-0.05, 0) is 34.9 Å². The Labute approximate surface area is 112 Å². The van der Waals surface area contributed by atoms with Crippen LogP contribution in [0.1, 0.15) is 35.2 Å². The van der Waals surface area contributed by atoms with Gasteiger partial charge in [0.1, 0.15) is 0 Å². The molecule has 0 fully saturated rings. The van der Waals surface area contributed by atoms with Crippen LogP contribution in [0.3, 0.4) is 0 Å². The topological polar surface area (TPSA) is 0 Å². The van der Waals surface area contributed by atoms with Crippen LogP contribution in [0, 0.1) is 5.92 Å². The van der Waals surface area contributed by atoms with Crippen molar-refractivity contribution in [2.45, 2.75) is 25.6 Å².